The van der Waals surface area contributed by atoms with E-state index in [0.717, 1.165) is 0 Å². The van der Waals surface area contributed by atoms with Crippen LogP contribution in [0, 0.1) is 5.92 Å². The van der Waals surface area contributed by atoms with E-state index in [4.69, 9.17) is 5.73 Å². The average Bonchev–Trinajstić information content (AvgIpc) is 1.80. The molecule has 0 rings (SSSR count). The van der Waals surface area contributed by atoms with E-state index in [1.165, 1.54) is 6.42 Å². The Morgan fingerprint density at radius 2 is 1.67 bits per heavy atom. The highest BCUT2D eigenvalue weighted by Gasteiger charge is 2.28. The maximum atomic E-state index is 5.90. The molecule has 0 fully saturated rings. The van der Waals surface area contributed by atoms with Crippen LogP contribution in [-0.2, 0) is 0 Å². The Morgan fingerprint density at radius 1 is 1.25 bits per heavy atom. The predicted octanol–water partition coefficient (Wildman–Crippen LogP) is 2.10. The summed E-state index contributed by atoms with van der Waals surface area (Å²) in [4.78, 5) is 0. The molecule has 1 atom stereocenters. The van der Waals surface area contributed by atoms with Crippen molar-refractivity contribution in [1.29, 1.82) is 0 Å². The van der Waals surface area contributed by atoms with E-state index < -0.39 is 0 Å². The second-order valence-electron chi connectivity index (χ2n) is 4.88. The SMILES string of the molecule is CCC(C)C(C)(C)NC(C)(C)N. The van der Waals surface area contributed by atoms with Gasteiger partial charge < -0.3 is 5.73 Å². The van der Waals surface area contributed by atoms with Crippen molar-refractivity contribution in [2.24, 2.45) is 11.7 Å². The van der Waals surface area contributed by atoms with Crippen molar-refractivity contribution in [3.05, 3.63) is 0 Å². The molecule has 3 N–H and O–H groups in total. The van der Waals surface area contributed by atoms with Gasteiger partial charge in [-0.2, -0.15) is 0 Å². The molecule has 12 heavy (non-hydrogen) atoms. The second kappa shape index (κ2) is 3.75. The molecule has 0 aromatic rings. The molecule has 0 aromatic carbocycles. The molecule has 0 aliphatic heterocycles. The summed E-state index contributed by atoms with van der Waals surface area (Å²) in [6.07, 6.45) is 1.18. The number of hydrogen-bond acceptors (Lipinski definition) is 2. The van der Waals surface area contributed by atoms with Gasteiger partial charge in [0, 0.05) is 5.54 Å². The number of rotatable bonds is 4. The lowest BCUT2D eigenvalue weighted by molar-refractivity contribution is 0.197. The lowest BCUT2D eigenvalue weighted by Crippen LogP contribution is -2.59. The van der Waals surface area contributed by atoms with Gasteiger partial charge in [0.05, 0.1) is 5.66 Å². The van der Waals surface area contributed by atoms with Crippen LogP contribution in [0.15, 0.2) is 0 Å². The minimum Gasteiger partial charge on any atom is -0.314 e. The standard InChI is InChI=1S/C10H24N2/c1-7-8(2)9(3,4)12-10(5,6)11/h8,12H,7,11H2,1-6H3. The summed E-state index contributed by atoms with van der Waals surface area (Å²) in [7, 11) is 0. The number of nitrogens with one attached hydrogen (secondary N) is 1. The van der Waals surface area contributed by atoms with Crippen molar-refractivity contribution in [3.63, 3.8) is 0 Å². The van der Waals surface area contributed by atoms with E-state index in [0.29, 0.717) is 5.92 Å². The quantitative estimate of drug-likeness (QED) is 0.637. The van der Waals surface area contributed by atoms with Crippen LogP contribution in [0.3, 0.4) is 0 Å². The van der Waals surface area contributed by atoms with Crippen LogP contribution in [-0.4, -0.2) is 11.2 Å². The molecule has 0 bridgehead atoms. The van der Waals surface area contributed by atoms with Crippen LogP contribution in [0.25, 0.3) is 0 Å². The zero-order chi connectivity index (χ0) is 9.99. The van der Waals surface area contributed by atoms with E-state index in [1.54, 1.807) is 0 Å². The first-order valence-corrected chi connectivity index (χ1v) is 4.77. The highest BCUT2D eigenvalue weighted by molar-refractivity contribution is 4.88. The molecule has 0 heterocycles. The third kappa shape index (κ3) is 4.07. The molecule has 2 nitrogen and oxygen atoms in total. The van der Waals surface area contributed by atoms with Crippen LogP contribution in [0.4, 0.5) is 0 Å². The Balaban J connectivity index is 4.22. The Hall–Kier alpha value is -0.0800. The van der Waals surface area contributed by atoms with Gasteiger partial charge in [0.15, 0.2) is 0 Å². The smallest absolute Gasteiger partial charge is 0.0608 e. The molecule has 0 spiro atoms. The summed E-state index contributed by atoms with van der Waals surface area (Å²) in [5.41, 5.74) is 5.74. The largest absolute Gasteiger partial charge is 0.314 e. The van der Waals surface area contributed by atoms with Crippen molar-refractivity contribution in [1.82, 2.24) is 5.32 Å². The number of hydrogen-bond donors (Lipinski definition) is 2. The Kier molecular flexibility index (Phi) is 3.73. The fourth-order valence-electron chi connectivity index (χ4n) is 1.46. The van der Waals surface area contributed by atoms with E-state index in [2.05, 4.69) is 33.0 Å². The minimum absolute atomic E-state index is 0.118. The highest BCUT2D eigenvalue weighted by Crippen LogP contribution is 2.20. The third-order valence-electron chi connectivity index (χ3n) is 2.49. The molecule has 0 aliphatic carbocycles. The predicted molar refractivity (Wildman–Crippen MR) is 54.9 cm³/mol. The van der Waals surface area contributed by atoms with Gasteiger partial charge in [-0.3, -0.25) is 5.32 Å². The van der Waals surface area contributed by atoms with E-state index in [9.17, 15) is 0 Å². The van der Waals surface area contributed by atoms with Crippen molar-refractivity contribution >= 4 is 0 Å². The summed E-state index contributed by atoms with van der Waals surface area (Å²) in [5.74, 6) is 0.639. The molecule has 0 radical (unpaired) electrons. The zero-order valence-corrected chi connectivity index (χ0v) is 9.36. The molecule has 0 aromatic heterocycles. The van der Waals surface area contributed by atoms with Crippen molar-refractivity contribution in [2.75, 3.05) is 0 Å². The Bertz CT molecular complexity index is 133. The molecular weight excluding hydrogens is 148 g/mol. The van der Waals surface area contributed by atoms with Crippen LogP contribution >= 0.6 is 0 Å². The van der Waals surface area contributed by atoms with E-state index in [-0.39, 0.29) is 11.2 Å². The van der Waals surface area contributed by atoms with Gasteiger partial charge in [-0.1, -0.05) is 20.3 Å². The van der Waals surface area contributed by atoms with E-state index >= 15 is 0 Å². The summed E-state index contributed by atoms with van der Waals surface area (Å²) in [6, 6.07) is 0. The molecule has 1 unspecified atom stereocenters. The summed E-state index contributed by atoms with van der Waals surface area (Å²) < 4.78 is 0. The van der Waals surface area contributed by atoms with Gasteiger partial charge in [-0.25, -0.2) is 0 Å². The molecule has 0 saturated carbocycles. The third-order valence-corrected chi connectivity index (χ3v) is 2.49. The lowest BCUT2D eigenvalue weighted by Gasteiger charge is -2.38. The Morgan fingerprint density at radius 3 is 1.92 bits per heavy atom. The summed E-state index contributed by atoms with van der Waals surface area (Å²) in [5, 5.41) is 3.42. The first-order chi connectivity index (χ1) is 5.19. The molecule has 2 heteroatoms. The minimum atomic E-state index is -0.285. The van der Waals surface area contributed by atoms with E-state index in [1.807, 2.05) is 13.8 Å². The maximum Gasteiger partial charge on any atom is 0.0608 e. The van der Waals surface area contributed by atoms with Gasteiger partial charge in [0.2, 0.25) is 0 Å². The van der Waals surface area contributed by atoms with Gasteiger partial charge in [-0.05, 0) is 33.6 Å². The summed E-state index contributed by atoms with van der Waals surface area (Å²) in [6.45, 7) is 12.9. The first kappa shape index (κ1) is 11.9. The highest BCUT2D eigenvalue weighted by atomic mass is 15.1. The number of nitrogens with two attached hydrogens (primary N) is 1. The molecule has 74 valence electrons. The topological polar surface area (TPSA) is 38.0 Å². The van der Waals surface area contributed by atoms with Gasteiger partial charge in [-0.15, -0.1) is 0 Å². The average molecular weight is 172 g/mol. The van der Waals surface area contributed by atoms with Crippen LogP contribution in [0.5, 0.6) is 0 Å². The molecular formula is C10H24N2. The fourth-order valence-corrected chi connectivity index (χ4v) is 1.46. The van der Waals surface area contributed by atoms with Crippen LogP contribution in [0.1, 0.15) is 48.0 Å². The summed E-state index contributed by atoms with van der Waals surface area (Å²) >= 11 is 0. The van der Waals surface area contributed by atoms with Crippen LogP contribution in [0.2, 0.25) is 0 Å². The first-order valence-electron chi connectivity index (χ1n) is 4.77. The van der Waals surface area contributed by atoms with Crippen molar-refractivity contribution < 1.29 is 0 Å². The van der Waals surface area contributed by atoms with Crippen molar-refractivity contribution in [2.45, 2.75) is 59.2 Å². The van der Waals surface area contributed by atoms with Gasteiger partial charge in [0.1, 0.15) is 0 Å². The zero-order valence-electron chi connectivity index (χ0n) is 9.36. The van der Waals surface area contributed by atoms with Crippen molar-refractivity contribution in [3.8, 4) is 0 Å². The molecule has 0 amide bonds. The molecule has 0 saturated heterocycles. The van der Waals surface area contributed by atoms with Gasteiger partial charge in [0.25, 0.3) is 0 Å². The second-order valence-corrected chi connectivity index (χ2v) is 4.88. The monoisotopic (exact) mass is 172 g/mol. The normalized spacial score (nSPS) is 16.2. The lowest BCUT2D eigenvalue weighted by atomic mass is 9.86. The molecule has 0 aliphatic rings. The van der Waals surface area contributed by atoms with Crippen LogP contribution < -0.4 is 11.1 Å². The Labute approximate surface area is 76.9 Å². The maximum absolute atomic E-state index is 5.90. The van der Waals surface area contributed by atoms with Gasteiger partial charge >= 0.3 is 0 Å². The fraction of sp³-hybridized carbons (Fsp3) is 1.00.